The molecule has 0 atom stereocenters. The predicted octanol–water partition coefficient (Wildman–Crippen LogP) is 2.35. The quantitative estimate of drug-likeness (QED) is 0.735. The molecule has 0 spiro atoms. The summed E-state index contributed by atoms with van der Waals surface area (Å²) in [6, 6.07) is 2.15. The molecule has 2 heterocycles. The zero-order chi connectivity index (χ0) is 18.3. The van der Waals surface area contributed by atoms with Crippen LogP contribution in [0.2, 0.25) is 0 Å². The number of aromatic hydroxyl groups is 1. The summed E-state index contributed by atoms with van der Waals surface area (Å²) in [7, 11) is 0. The number of aromatic amines is 1. The molecular formula is C19H24N6O. The fraction of sp³-hybridized carbons (Fsp3) is 0.474. The zero-order valence-corrected chi connectivity index (χ0v) is 15.5. The summed E-state index contributed by atoms with van der Waals surface area (Å²) < 4.78 is 2.04. The minimum Gasteiger partial charge on any atom is -0.507 e. The van der Waals surface area contributed by atoms with Crippen LogP contribution in [0.25, 0.3) is 0 Å². The number of benzene rings is 1. The number of nitrogens with one attached hydrogen (secondary N) is 1. The van der Waals surface area contributed by atoms with Crippen molar-refractivity contribution >= 4 is 0 Å². The highest BCUT2D eigenvalue weighted by Crippen LogP contribution is 2.36. The Hall–Kier alpha value is -2.70. The Kier molecular flexibility index (Phi) is 4.22. The molecule has 0 radical (unpaired) electrons. The van der Waals surface area contributed by atoms with Gasteiger partial charge in [-0.25, -0.2) is 0 Å². The first-order valence-corrected chi connectivity index (χ1v) is 9.13. The molecular weight excluding hydrogens is 328 g/mol. The largest absolute Gasteiger partial charge is 0.507 e. The smallest absolute Gasteiger partial charge is 0.176 e. The molecule has 0 bridgehead atoms. The second-order valence-corrected chi connectivity index (χ2v) is 7.14. The van der Waals surface area contributed by atoms with E-state index in [1.165, 1.54) is 22.4 Å². The van der Waals surface area contributed by atoms with Gasteiger partial charge in [-0.05, 0) is 62.3 Å². The second kappa shape index (κ2) is 6.55. The first-order chi connectivity index (χ1) is 12.5. The van der Waals surface area contributed by atoms with Crippen molar-refractivity contribution in [3.63, 3.8) is 0 Å². The van der Waals surface area contributed by atoms with Crippen molar-refractivity contribution in [1.29, 1.82) is 0 Å². The molecule has 136 valence electrons. The number of nitrogens with zero attached hydrogens (tertiary/aromatic N) is 5. The Morgan fingerprint density at radius 1 is 1.19 bits per heavy atom. The lowest BCUT2D eigenvalue weighted by atomic mass is 9.93. The van der Waals surface area contributed by atoms with Gasteiger partial charge in [-0.2, -0.15) is 10.3 Å². The van der Waals surface area contributed by atoms with E-state index in [1.807, 2.05) is 11.6 Å². The van der Waals surface area contributed by atoms with E-state index < -0.39 is 0 Å². The molecule has 0 aliphatic heterocycles. The monoisotopic (exact) mass is 352 g/mol. The molecule has 7 heteroatoms. The maximum atomic E-state index is 10.3. The van der Waals surface area contributed by atoms with E-state index in [1.54, 1.807) is 0 Å². The van der Waals surface area contributed by atoms with Crippen LogP contribution in [0.3, 0.4) is 0 Å². The number of rotatable bonds is 5. The van der Waals surface area contributed by atoms with Gasteiger partial charge in [-0.1, -0.05) is 11.3 Å². The van der Waals surface area contributed by atoms with Crippen molar-refractivity contribution in [3.8, 4) is 5.75 Å². The van der Waals surface area contributed by atoms with Crippen molar-refractivity contribution in [3.05, 3.63) is 51.1 Å². The third kappa shape index (κ3) is 2.87. The Bertz CT molecular complexity index is 942. The van der Waals surface area contributed by atoms with Crippen molar-refractivity contribution in [2.24, 2.45) is 0 Å². The second-order valence-electron chi connectivity index (χ2n) is 7.14. The first kappa shape index (κ1) is 16.8. The van der Waals surface area contributed by atoms with Crippen LogP contribution < -0.4 is 0 Å². The molecule has 3 aromatic rings. The van der Waals surface area contributed by atoms with E-state index >= 15 is 0 Å². The molecule has 4 rings (SSSR count). The van der Waals surface area contributed by atoms with Gasteiger partial charge in [0.05, 0.1) is 5.69 Å². The molecule has 2 N–H and O–H groups in total. The Balaban J connectivity index is 1.61. The molecule has 1 aliphatic rings. The molecule has 0 saturated carbocycles. The summed E-state index contributed by atoms with van der Waals surface area (Å²) in [6.07, 6.45) is 4.73. The van der Waals surface area contributed by atoms with Gasteiger partial charge in [-0.3, -0.25) is 4.68 Å². The third-order valence-electron chi connectivity index (χ3n) is 5.49. The maximum absolute atomic E-state index is 10.3. The number of aromatic nitrogens is 6. The number of hydrogen-bond donors (Lipinski definition) is 2. The van der Waals surface area contributed by atoms with Crippen molar-refractivity contribution in [1.82, 2.24) is 30.4 Å². The van der Waals surface area contributed by atoms with Gasteiger partial charge in [0.15, 0.2) is 5.82 Å². The van der Waals surface area contributed by atoms with Crippen LogP contribution in [-0.2, 0) is 32.2 Å². The van der Waals surface area contributed by atoms with Crippen molar-refractivity contribution in [2.75, 3.05) is 0 Å². The van der Waals surface area contributed by atoms with Crippen LogP contribution in [0, 0.1) is 20.8 Å². The van der Waals surface area contributed by atoms with E-state index in [-0.39, 0.29) is 0 Å². The predicted molar refractivity (Wildman–Crippen MR) is 97.3 cm³/mol. The molecule has 1 aliphatic carbocycles. The van der Waals surface area contributed by atoms with Crippen LogP contribution in [0.1, 0.15) is 51.5 Å². The third-order valence-corrected chi connectivity index (χ3v) is 5.49. The summed E-state index contributed by atoms with van der Waals surface area (Å²) >= 11 is 0. The SMILES string of the molecule is Cc1cc(Cc2c(C)nn(CCc3nn[nH]n3)c2C)c2c(c1O)CCC2. The van der Waals surface area contributed by atoms with Gasteiger partial charge >= 0.3 is 0 Å². The Morgan fingerprint density at radius 2 is 2.00 bits per heavy atom. The van der Waals surface area contributed by atoms with E-state index in [0.717, 1.165) is 49.0 Å². The van der Waals surface area contributed by atoms with Gasteiger partial charge in [0.25, 0.3) is 0 Å². The molecule has 2 aromatic heterocycles. The highest BCUT2D eigenvalue weighted by atomic mass is 16.3. The van der Waals surface area contributed by atoms with Crippen LogP contribution in [0.15, 0.2) is 6.07 Å². The number of H-pyrrole nitrogens is 1. The summed E-state index contributed by atoms with van der Waals surface area (Å²) in [5.41, 5.74) is 8.32. The summed E-state index contributed by atoms with van der Waals surface area (Å²) in [4.78, 5) is 0. The van der Waals surface area contributed by atoms with E-state index in [2.05, 4.69) is 40.5 Å². The maximum Gasteiger partial charge on any atom is 0.176 e. The van der Waals surface area contributed by atoms with E-state index in [4.69, 9.17) is 5.10 Å². The van der Waals surface area contributed by atoms with Crippen molar-refractivity contribution < 1.29 is 5.11 Å². The lowest BCUT2D eigenvalue weighted by molar-refractivity contribution is 0.464. The highest BCUT2D eigenvalue weighted by Gasteiger charge is 2.22. The number of fused-ring (bicyclic) bond motifs is 1. The van der Waals surface area contributed by atoms with Gasteiger partial charge in [-0.15, -0.1) is 10.2 Å². The summed E-state index contributed by atoms with van der Waals surface area (Å²) in [5, 5.41) is 29.2. The Morgan fingerprint density at radius 3 is 2.77 bits per heavy atom. The topological polar surface area (TPSA) is 92.5 Å². The minimum absolute atomic E-state index is 0.491. The number of aryl methyl sites for hydroxylation is 4. The number of phenolic OH excluding ortho intramolecular Hbond substituents is 1. The molecule has 26 heavy (non-hydrogen) atoms. The lowest BCUT2D eigenvalue weighted by Crippen LogP contribution is -2.07. The molecule has 0 unspecified atom stereocenters. The minimum atomic E-state index is 0.491. The number of hydrogen-bond acceptors (Lipinski definition) is 5. The number of phenols is 1. The zero-order valence-electron chi connectivity index (χ0n) is 15.5. The van der Waals surface area contributed by atoms with Gasteiger partial charge in [0.2, 0.25) is 0 Å². The molecule has 0 fully saturated rings. The van der Waals surface area contributed by atoms with Crippen molar-refractivity contribution in [2.45, 2.75) is 59.4 Å². The highest BCUT2D eigenvalue weighted by molar-refractivity contribution is 5.53. The molecule has 0 amide bonds. The fourth-order valence-corrected chi connectivity index (χ4v) is 4.06. The van der Waals surface area contributed by atoms with Crippen LogP contribution in [-0.4, -0.2) is 35.5 Å². The molecule has 0 saturated heterocycles. The normalized spacial score (nSPS) is 13.3. The van der Waals surface area contributed by atoms with Crippen LogP contribution >= 0.6 is 0 Å². The summed E-state index contributed by atoms with van der Waals surface area (Å²) in [6.45, 7) is 6.92. The number of tetrazole rings is 1. The van der Waals surface area contributed by atoms with Crippen LogP contribution in [0.4, 0.5) is 0 Å². The Labute approximate surface area is 152 Å². The van der Waals surface area contributed by atoms with Gasteiger partial charge < -0.3 is 5.11 Å². The van der Waals surface area contributed by atoms with Crippen LogP contribution in [0.5, 0.6) is 5.75 Å². The standard InChI is InChI=1S/C19H24N6O/c1-11-9-14(15-5-4-6-16(15)19(11)26)10-17-12(2)22-25(13(17)3)8-7-18-20-23-24-21-18/h9,26H,4-8,10H2,1-3H3,(H,20,21,23,24). The van der Waals surface area contributed by atoms with Gasteiger partial charge in [0, 0.05) is 30.6 Å². The van der Waals surface area contributed by atoms with Gasteiger partial charge in [0.1, 0.15) is 5.75 Å². The van der Waals surface area contributed by atoms with E-state index in [0.29, 0.717) is 18.0 Å². The average Bonchev–Trinajstić information content (AvgIpc) is 3.35. The van der Waals surface area contributed by atoms with E-state index in [9.17, 15) is 5.11 Å². The first-order valence-electron chi connectivity index (χ1n) is 9.13. The average molecular weight is 352 g/mol. The fourth-order valence-electron chi connectivity index (χ4n) is 4.06. The lowest BCUT2D eigenvalue weighted by Gasteiger charge is -2.13. The summed E-state index contributed by atoms with van der Waals surface area (Å²) in [5.74, 6) is 1.19. The molecule has 7 nitrogen and oxygen atoms in total. The molecule has 1 aromatic carbocycles.